The molecular formula is C16H26N2. The van der Waals surface area contributed by atoms with Crippen LogP contribution >= 0.6 is 0 Å². The van der Waals surface area contributed by atoms with E-state index in [2.05, 4.69) is 61.3 Å². The van der Waals surface area contributed by atoms with E-state index in [4.69, 9.17) is 0 Å². The molecule has 1 aliphatic rings. The topological polar surface area (TPSA) is 15.3 Å². The Labute approximate surface area is 111 Å². The predicted molar refractivity (Wildman–Crippen MR) is 77.7 cm³/mol. The SMILES string of the molecule is CCC(c1ccccc1)N1CCCNC(C)(C)C1. The van der Waals surface area contributed by atoms with E-state index in [9.17, 15) is 0 Å². The molecule has 1 unspecified atom stereocenters. The van der Waals surface area contributed by atoms with Crippen molar-refractivity contribution in [3.05, 3.63) is 35.9 Å². The Balaban J connectivity index is 2.16. The van der Waals surface area contributed by atoms with Crippen LogP contribution in [0.1, 0.15) is 45.2 Å². The first-order valence-corrected chi connectivity index (χ1v) is 7.16. The maximum Gasteiger partial charge on any atom is 0.0346 e. The van der Waals surface area contributed by atoms with Gasteiger partial charge in [0, 0.05) is 24.7 Å². The molecule has 1 heterocycles. The molecule has 0 saturated carbocycles. The standard InChI is InChI=1S/C16H26N2/c1-4-15(14-9-6-5-7-10-14)18-12-8-11-17-16(2,3)13-18/h5-7,9-10,15,17H,4,8,11-13H2,1-3H3. The van der Waals surface area contributed by atoms with Gasteiger partial charge in [-0.2, -0.15) is 0 Å². The highest BCUT2D eigenvalue weighted by Crippen LogP contribution is 2.26. The summed E-state index contributed by atoms with van der Waals surface area (Å²) in [4.78, 5) is 2.65. The number of hydrogen-bond acceptors (Lipinski definition) is 2. The zero-order valence-electron chi connectivity index (χ0n) is 11.9. The van der Waals surface area contributed by atoms with Crippen molar-refractivity contribution in [3.63, 3.8) is 0 Å². The zero-order chi connectivity index (χ0) is 13.0. The number of hydrogen-bond donors (Lipinski definition) is 1. The normalized spacial score (nSPS) is 22.4. The van der Waals surface area contributed by atoms with Gasteiger partial charge in [-0.1, -0.05) is 37.3 Å². The smallest absolute Gasteiger partial charge is 0.0346 e. The van der Waals surface area contributed by atoms with Gasteiger partial charge in [0.25, 0.3) is 0 Å². The lowest BCUT2D eigenvalue weighted by Crippen LogP contribution is -2.47. The molecule has 1 saturated heterocycles. The predicted octanol–water partition coefficient (Wildman–Crippen LogP) is 3.21. The lowest BCUT2D eigenvalue weighted by molar-refractivity contribution is 0.165. The van der Waals surface area contributed by atoms with Crippen molar-refractivity contribution in [2.24, 2.45) is 0 Å². The van der Waals surface area contributed by atoms with E-state index >= 15 is 0 Å². The van der Waals surface area contributed by atoms with Gasteiger partial charge >= 0.3 is 0 Å². The Bertz CT molecular complexity index is 359. The van der Waals surface area contributed by atoms with Crippen molar-refractivity contribution < 1.29 is 0 Å². The molecule has 1 fully saturated rings. The molecule has 0 radical (unpaired) electrons. The minimum atomic E-state index is 0.221. The Morgan fingerprint density at radius 1 is 1.28 bits per heavy atom. The molecule has 1 N–H and O–H groups in total. The summed E-state index contributed by atoms with van der Waals surface area (Å²) < 4.78 is 0. The van der Waals surface area contributed by atoms with Crippen LogP contribution in [0.3, 0.4) is 0 Å². The van der Waals surface area contributed by atoms with Gasteiger partial charge in [0.15, 0.2) is 0 Å². The van der Waals surface area contributed by atoms with Crippen molar-refractivity contribution >= 4 is 0 Å². The fourth-order valence-corrected chi connectivity index (χ4v) is 3.00. The summed E-state index contributed by atoms with van der Waals surface area (Å²) in [5.41, 5.74) is 1.68. The van der Waals surface area contributed by atoms with Crippen molar-refractivity contribution in [2.45, 2.75) is 45.2 Å². The van der Waals surface area contributed by atoms with Crippen LogP contribution in [0, 0.1) is 0 Å². The Morgan fingerprint density at radius 3 is 2.67 bits per heavy atom. The van der Waals surface area contributed by atoms with Gasteiger partial charge in [0.2, 0.25) is 0 Å². The first kappa shape index (κ1) is 13.6. The Kier molecular flexibility index (Phi) is 4.41. The second kappa shape index (κ2) is 5.85. The summed E-state index contributed by atoms with van der Waals surface area (Å²) in [6.07, 6.45) is 2.42. The molecule has 1 aromatic rings. The van der Waals surface area contributed by atoms with Gasteiger partial charge in [0.1, 0.15) is 0 Å². The molecule has 1 aliphatic heterocycles. The monoisotopic (exact) mass is 246 g/mol. The molecule has 1 aromatic carbocycles. The molecule has 0 aliphatic carbocycles. The molecule has 0 bridgehead atoms. The van der Waals surface area contributed by atoms with E-state index in [0.717, 1.165) is 13.1 Å². The Hall–Kier alpha value is -0.860. The van der Waals surface area contributed by atoms with Gasteiger partial charge in [-0.3, -0.25) is 4.90 Å². The summed E-state index contributed by atoms with van der Waals surface area (Å²) in [5.74, 6) is 0. The lowest BCUT2D eigenvalue weighted by Gasteiger charge is -2.35. The molecule has 18 heavy (non-hydrogen) atoms. The molecule has 2 rings (SSSR count). The van der Waals surface area contributed by atoms with Crippen LogP contribution in [0.4, 0.5) is 0 Å². The van der Waals surface area contributed by atoms with Crippen LogP contribution in [-0.4, -0.2) is 30.1 Å². The van der Waals surface area contributed by atoms with Crippen LogP contribution in [0.15, 0.2) is 30.3 Å². The minimum absolute atomic E-state index is 0.221. The molecule has 0 spiro atoms. The summed E-state index contributed by atoms with van der Waals surface area (Å²) in [6.45, 7) is 10.4. The van der Waals surface area contributed by atoms with E-state index in [1.807, 2.05) is 0 Å². The highest BCUT2D eigenvalue weighted by atomic mass is 15.2. The van der Waals surface area contributed by atoms with E-state index in [1.165, 1.54) is 24.9 Å². The summed E-state index contributed by atoms with van der Waals surface area (Å²) in [5, 5.41) is 3.64. The molecule has 0 amide bonds. The van der Waals surface area contributed by atoms with Crippen molar-refractivity contribution in [3.8, 4) is 0 Å². The van der Waals surface area contributed by atoms with Crippen molar-refractivity contribution in [2.75, 3.05) is 19.6 Å². The average molecular weight is 246 g/mol. The van der Waals surface area contributed by atoms with E-state index < -0.39 is 0 Å². The maximum atomic E-state index is 3.64. The Morgan fingerprint density at radius 2 is 2.00 bits per heavy atom. The van der Waals surface area contributed by atoms with Crippen LogP contribution in [0.5, 0.6) is 0 Å². The number of benzene rings is 1. The van der Waals surface area contributed by atoms with Gasteiger partial charge < -0.3 is 5.32 Å². The van der Waals surface area contributed by atoms with Crippen molar-refractivity contribution in [1.29, 1.82) is 0 Å². The summed E-state index contributed by atoms with van der Waals surface area (Å²) in [6, 6.07) is 11.5. The number of rotatable bonds is 3. The highest BCUT2D eigenvalue weighted by Gasteiger charge is 2.28. The van der Waals surface area contributed by atoms with Gasteiger partial charge in [-0.15, -0.1) is 0 Å². The van der Waals surface area contributed by atoms with Crippen molar-refractivity contribution in [1.82, 2.24) is 10.2 Å². The first-order chi connectivity index (χ1) is 8.62. The molecule has 0 aromatic heterocycles. The van der Waals surface area contributed by atoms with Crippen LogP contribution in [-0.2, 0) is 0 Å². The third kappa shape index (κ3) is 3.33. The highest BCUT2D eigenvalue weighted by molar-refractivity contribution is 5.19. The largest absolute Gasteiger partial charge is 0.310 e. The number of nitrogens with zero attached hydrogens (tertiary/aromatic N) is 1. The second-order valence-corrected chi connectivity index (χ2v) is 5.97. The lowest BCUT2D eigenvalue weighted by atomic mass is 9.99. The summed E-state index contributed by atoms with van der Waals surface area (Å²) >= 11 is 0. The average Bonchev–Trinajstić information content (AvgIpc) is 2.53. The molecule has 1 atom stereocenters. The minimum Gasteiger partial charge on any atom is -0.310 e. The van der Waals surface area contributed by atoms with E-state index in [0.29, 0.717) is 6.04 Å². The molecule has 2 nitrogen and oxygen atoms in total. The third-order valence-corrected chi connectivity index (χ3v) is 3.84. The van der Waals surface area contributed by atoms with Crippen LogP contribution < -0.4 is 5.32 Å². The zero-order valence-corrected chi connectivity index (χ0v) is 11.9. The number of nitrogens with one attached hydrogen (secondary N) is 1. The van der Waals surface area contributed by atoms with Crippen LogP contribution in [0.25, 0.3) is 0 Å². The van der Waals surface area contributed by atoms with Gasteiger partial charge in [-0.05, 0) is 38.8 Å². The van der Waals surface area contributed by atoms with E-state index in [-0.39, 0.29) is 5.54 Å². The fraction of sp³-hybridized carbons (Fsp3) is 0.625. The van der Waals surface area contributed by atoms with Gasteiger partial charge in [-0.25, -0.2) is 0 Å². The second-order valence-electron chi connectivity index (χ2n) is 5.97. The maximum absolute atomic E-state index is 3.64. The first-order valence-electron chi connectivity index (χ1n) is 7.16. The quantitative estimate of drug-likeness (QED) is 0.881. The third-order valence-electron chi connectivity index (χ3n) is 3.84. The molecule has 2 heteroatoms. The summed E-state index contributed by atoms with van der Waals surface area (Å²) in [7, 11) is 0. The van der Waals surface area contributed by atoms with E-state index in [1.54, 1.807) is 0 Å². The molecular weight excluding hydrogens is 220 g/mol. The fourth-order valence-electron chi connectivity index (χ4n) is 3.00. The van der Waals surface area contributed by atoms with Crippen LogP contribution in [0.2, 0.25) is 0 Å². The van der Waals surface area contributed by atoms with Gasteiger partial charge in [0.05, 0.1) is 0 Å². The molecule has 100 valence electrons.